The summed E-state index contributed by atoms with van der Waals surface area (Å²) in [4.78, 5) is 52.9. The van der Waals surface area contributed by atoms with E-state index in [4.69, 9.17) is 0 Å². The number of nitrogens with one attached hydrogen (secondary N) is 1. The molecule has 0 aromatic carbocycles. The van der Waals surface area contributed by atoms with Gasteiger partial charge in [0.1, 0.15) is 5.56 Å². The Hall–Kier alpha value is -2.29. The van der Waals surface area contributed by atoms with Crippen molar-refractivity contribution in [1.29, 1.82) is 0 Å². The van der Waals surface area contributed by atoms with Crippen molar-refractivity contribution in [1.82, 2.24) is 19.7 Å². The van der Waals surface area contributed by atoms with E-state index in [1.807, 2.05) is 17.9 Å². The van der Waals surface area contributed by atoms with Gasteiger partial charge in [0.05, 0.1) is 12.3 Å². The second-order valence-electron chi connectivity index (χ2n) is 7.66. The number of nitrogens with zero attached hydrogens (tertiary/aromatic N) is 3. The Morgan fingerprint density at radius 3 is 2.69 bits per heavy atom. The lowest BCUT2D eigenvalue weighted by Gasteiger charge is -2.43. The van der Waals surface area contributed by atoms with Crippen molar-refractivity contribution in [2.75, 3.05) is 45.2 Å². The first kappa shape index (κ1) is 21.4. The van der Waals surface area contributed by atoms with E-state index in [1.165, 1.54) is 19.0 Å². The zero-order chi connectivity index (χ0) is 21.1. The van der Waals surface area contributed by atoms with Crippen LogP contribution in [0.5, 0.6) is 0 Å². The summed E-state index contributed by atoms with van der Waals surface area (Å²) in [5.41, 5.74) is 0.650. The molecular formula is C20H28N4O4S. The molecule has 1 aromatic heterocycles. The highest BCUT2D eigenvalue weighted by atomic mass is 32.2. The number of fused-ring (bicyclic) bond motifs is 4. The molecule has 2 aliphatic heterocycles. The van der Waals surface area contributed by atoms with Crippen LogP contribution in [0.3, 0.4) is 0 Å². The highest BCUT2D eigenvalue weighted by Crippen LogP contribution is 2.35. The quantitative estimate of drug-likeness (QED) is 0.718. The van der Waals surface area contributed by atoms with Crippen molar-refractivity contribution in [3.63, 3.8) is 0 Å². The zero-order valence-corrected chi connectivity index (χ0v) is 18.0. The van der Waals surface area contributed by atoms with Gasteiger partial charge in [-0.3, -0.25) is 19.2 Å². The van der Waals surface area contributed by atoms with Gasteiger partial charge >= 0.3 is 0 Å². The number of aromatic nitrogens is 1. The van der Waals surface area contributed by atoms with E-state index in [0.29, 0.717) is 25.4 Å². The van der Waals surface area contributed by atoms with E-state index in [-0.39, 0.29) is 41.3 Å². The van der Waals surface area contributed by atoms with E-state index < -0.39 is 5.91 Å². The molecule has 0 radical (unpaired) electrons. The maximum absolute atomic E-state index is 13.0. The molecule has 0 saturated carbocycles. The van der Waals surface area contributed by atoms with Crippen molar-refractivity contribution < 1.29 is 14.4 Å². The molecule has 2 bridgehead atoms. The van der Waals surface area contributed by atoms with Crippen molar-refractivity contribution in [2.24, 2.45) is 5.92 Å². The molecule has 8 nitrogen and oxygen atoms in total. The van der Waals surface area contributed by atoms with E-state index in [1.54, 1.807) is 22.4 Å². The van der Waals surface area contributed by atoms with Crippen molar-refractivity contribution in [2.45, 2.75) is 25.8 Å². The lowest BCUT2D eigenvalue weighted by Crippen LogP contribution is -2.50. The largest absolute Gasteiger partial charge is 0.358 e. The molecule has 3 amide bonds. The normalized spacial score (nSPS) is 20.0. The standard InChI is InChI=1S/C20H28N4O4S/c1-4-29-12-18(26)23-8-13-7-14(10-23)16-6-5-15(20(28)24(16)9-13)19(27)22(3)11-17(25)21-2/h5-6,13-14H,4,7-12H2,1-3H3,(H,21,25)/t13-,14+/m0/s1. The van der Waals surface area contributed by atoms with Gasteiger partial charge in [-0.25, -0.2) is 0 Å². The first-order valence-electron chi connectivity index (χ1n) is 9.91. The van der Waals surface area contributed by atoms with Crippen LogP contribution in [0.2, 0.25) is 0 Å². The van der Waals surface area contributed by atoms with Crippen LogP contribution in [0.25, 0.3) is 0 Å². The number of rotatable bonds is 6. The molecule has 2 atom stereocenters. The molecule has 2 aliphatic rings. The van der Waals surface area contributed by atoms with Crippen LogP contribution >= 0.6 is 11.8 Å². The van der Waals surface area contributed by atoms with Crippen LogP contribution in [0.1, 0.15) is 35.3 Å². The SMILES string of the molecule is CCSCC(=O)N1C[C@@H]2C[C@H](C1)c1ccc(C(=O)N(C)CC(=O)NC)c(=O)n1C2. The maximum atomic E-state index is 13.0. The topological polar surface area (TPSA) is 91.7 Å². The molecular weight excluding hydrogens is 392 g/mol. The molecule has 1 N–H and O–H groups in total. The predicted octanol–water partition coefficient (Wildman–Crippen LogP) is 0.365. The Kier molecular flexibility index (Phi) is 6.66. The number of hydrogen-bond donors (Lipinski definition) is 1. The number of likely N-dealkylation sites (N-methyl/N-ethyl adjacent to an activating group) is 2. The lowest BCUT2D eigenvalue weighted by atomic mass is 9.83. The van der Waals surface area contributed by atoms with Gasteiger partial charge in [0.15, 0.2) is 0 Å². The molecule has 0 unspecified atom stereocenters. The minimum atomic E-state index is -0.460. The molecule has 0 aliphatic carbocycles. The summed E-state index contributed by atoms with van der Waals surface area (Å²) in [5, 5.41) is 2.47. The molecule has 29 heavy (non-hydrogen) atoms. The smallest absolute Gasteiger partial charge is 0.263 e. The summed E-state index contributed by atoms with van der Waals surface area (Å²) < 4.78 is 1.70. The second-order valence-corrected chi connectivity index (χ2v) is 8.93. The summed E-state index contributed by atoms with van der Waals surface area (Å²) >= 11 is 1.62. The maximum Gasteiger partial charge on any atom is 0.263 e. The van der Waals surface area contributed by atoms with Crippen LogP contribution in [-0.4, -0.2) is 77.3 Å². The van der Waals surface area contributed by atoms with Gasteiger partial charge in [-0.2, -0.15) is 11.8 Å². The van der Waals surface area contributed by atoms with Gasteiger partial charge < -0.3 is 19.7 Å². The van der Waals surface area contributed by atoms with Gasteiger partial charge in [0, 0.05) is 45.3 Å². The number of hydrogen-bond acceptors (Lipinski definition) is 5. The van der Waals surface area contributed by atoms with Gasteiger partial charge in [-0.05, 0) is 30.2 Å². The predicted molar refractivity (Wildman–Crippen MR) is 112 cm³/mol. The molecule has 3 rings (SSSR count). The fourth-order valence-corrected chi connectivity index (χ4v) is 4.73. The Morgan fingerprint density at radius 1 is 1.24 bits per heavy atom. The minimum absolute atomic E-state index is 0.0763. The Bertz CT molecular complexity index is 869. The number of carbonyl (C=O) groups is 3. The molecule has 9 heteroatoms. The first-order chi connectivity index (χ1) is 13.8. The average Bonchev–Trinajstić information content (AvgIpc) is 2.71. The van der Waals surface area contributed by atoms with Gasteiger partial charge in [0.25, 0.3) is 11.5 Å². The van der Waals surface area contributed by atoms with E-state index in [9.17, 15) is 19.2 Å². The van der Waals surface area contributed by atoms with Crippen LogP contribution in [0.15, 0.2) is 16.9 Å². The van der Waals surface area contributed by atoms with E-state index >= 15 is 0 Å². The highest BCUT2D eigenvalue weighted by Gasteiger charge is 2.37. The Balaban J connectivity index is 1.81. The average molecular weight is 421 g/mol. The third kappa shape index (κ3) is 4.49. The van der Waals surface area contributed by atoms with Crippen LogP contribution in [0.4, 0.5) is 0 Å². The summed E-state index contributed by atoms with van der Waals surface area (Å²) in [6, 6.07) is 3.39. The van der Waals surface area contributed by atoms with Crippen molar-refractivity contribution >= 4 is 29.5 Å². The highest BCUT2D eigenvalue weighted by molar-refractivity contribution is 7.99. The van der Waals surface area contributed by atoms with Crippen LogP contribution in [0, 0.1) is 5.92 Å². The number of amides is 3. The number of pyridine rings is 1. The Labute approximate surface area is 174 Å². The number of piperidine rings is 1. The molecule has 0 spiro atoms. The lowest BCUT2D eigenvalue weighted by molar-refractivity contribution is -0.131. The van der Waals surface area contributed by atoms with Crippen LogP contribution in [-0.2, 0) is 16.1 Å². The van der Waals surface area contributed by atoms with Crippen LogP contribution < -0.4 is 10.9 Å². The third-order valence-corrected chi connectivity index (χ3v) is 6.48. The Morgan fingerprint density at radius 2 is 2.00 bits per heavy atom. The molecule has 3 heterocycles. The van der Waals surface area contributed by atoms with Crippen molar-refractivity contribution in [3.05, 3.63) is 33.7 Å². The van der Waals surface area contributed by atoms with E-state index in [2.05, 4.69) is 5.32 Å². The summed E-state index contributed by atoms with van der Waals surface area (Å²) in [6.07, 6.45) is 0.952. The summed E-state index contributed by atoms with van der Waals surface area (Å²) in [7, 11) is 3.01. The fraction of sp³-hybridized carbons (Fsp3) is 0.600. The number of thioether (sulfide) groups is 1. The van der Waals surface area contributed by atoms with Crippen molar-refractivity contribution in [3.8, 4) is 0 Å². The minimum Gasteiger partial charge on any atom is -0.358 e. The van der Waals surface area contributed by atoms with Gasteiger partial charge in [-0.1, -0.05) is 6.92 Å². The monoisotopic (exact) mass is 420 g/mol. The molecule has 1 aromatic rings. The third-order valence-electron chi connectivity index (χ3n) is 5.62. The second kappa shape index (κ2) is 9.02. The summed E-state index contributed by atoms with van der Waals surface area (Å²) in [6.45, 7) is 3.71. The fourth-order valence-electron chi connectivity index (χ4n) is 4.16. The number of likely N-dealkylation sites (tertiary alicyclic amines) is 1. The van der Waals surface area contributed by atoms with Gasteiger partial charge in [-0.15, -0.1) is 0 Å². The first-order valence-corrected chi connectivity index (χ1v) is 11.1. The summed E-state index contributed by atoms with van der Waals surface area (Å²) in [5.74, 6) is 1.13. The molecule has 158 valence electrons. The molecule has 1 fully saturated rings. The number of carbonyl (C=O) groups excluding carboxylic acids is 3. The zero-order valence-electron chi connectivity index (χ0n) is 17.1. The van der Waals surface area contributed by atoms with E-state index in [0.717, 1.165) is 17.9 Å². The molecule has 1 saturated heterocycles. The van der Waals surface area contributed by atoms with Gasteiger partial charge in [0.2, 0.25) is 11.8 Å².